The third-order valence-electron chi connectivity index (χ3n) is 5.00. The summed E-state index contributed by atoms with van der Waals surface area (Å²) in [6.45, 7) is 3.45. The smallest absolute Gasteiger partial charge is 0.257 e. The highest BCUT2D eigenvalue weighted by atomic mass is 16.5. The fraction of sp³-hybridized carbons (Fsp3) is 0.750. The van der Waals surface area contributed by atoms with Gasteiger partial charge in [-0.15, -0.1) is 0 Å². The number of likely N-dealkylation sites (tertiary alicyclic amines) is 1. The van der Waals surface area contributed by atoms with Crippen LogP contribution in [-0.2, 0) is 0 Å². The molecule has 3 rings (SSSR count). The van der Waals surface area contributed by atoms with E-state index in [1.807, 2.05) is 0 Å². The number of nitrogens with one attached hydrogen (secondary N) is 1. The van der Waals surface area contributed by atoms with Crippen molar-refractivity contribution in [1.29, 1.82) is 0 Å². The zero-order chi connectivity index (χ0) is 14.5. The summed E-state index contributed by atoms with van der Waals surface area (Å²) < 4.78 is 5.29. The number of anilines is 1. The second-order valence-electron chi connectivity index (χ2n) is 6.25. The van der Waals surface area contributed by atoms with Crippen molar-refractivity contribution in [3.63, 3.8) is 0 Å². The lowest BCUT2D eigenvalue weighted by molar-refractivity contribution is 0.0807. The number of nitrogens with zero attached hydrogens (tertiary/aromatic N) is 3. The van der Waals surface area contributed by atoms with E-state index in [4.69, 9.17) is 4.74 Å². The quantitative estimate of drug-likeness (QED) is 0.903. The molecule has 1 aliphatic carbocycles. The highest BCUT2D eigenvalue weighted by molar-refractivity contribution is 5.45. The first-order valence-electron chi connectivity index (χ1n) is 8.18. The van der Waals surface area contributed by atoms with Crippen molar-refractivity contribution in [1.82, 2.24) is 14.9 Å². The summed E-state index contributed by atoms with van der Waals surface area (Å²) in [6, 6.07) is 0. The maximum absolute atomic E-state index is 5.29. The van der Waals surface area contributed by atoms with Crippen molar-refractivity contribution in [2.75, 3.05) is 32.1 Å². The van der Waals surface area contributed by atoms with E-state index in [-0.39, 0.29) is 0 Å². The van der Waals surface area contributed by atoms with Gasteiger partial charge < -0.3 is 10.1 Å². The van der Waals surface area contributed by atoms with Crippen LogP contribution >= 0.6 is 0 Å². The molecule has 116 valence electrons. The van der Waals surface area contributed by atoms with Gasteiger partial charge in [0.2, 0.25) is 0 Å². The van der Waals surface area contributed by atoms with E-state index in [0.29, 0.717) is 11.4 Å². The number of ether oxygens (including phenoxy) is 1. The average molecular weight is 290 g/mol. The molecule has 0 amide bonds. The molecule has 0 unspecified atom stereocenters. The zero-order valence-electron chi connectivity index (χ0n) is 13.0. The maximum atomic E-state index is 5.29. The van der Waals surface area contributed by atoms with Crippen LogP contribution in [0.4, 0.5) is 5.82 Å². The summed E-state index contributed by atoms with van der Waals surface area (Å²) in [5.41, 5.74) is 0.308. The van der Waals surface area contributed by atoms with E-state index in [1.165, 1.54) is 58.0 Å². The van der Waals surface area contributed by atoms with Crippen LogP contribution in [-0.4, -0.2) is 47.2 Å². The van der Waals surface area contributed by atoms with Crippen LogP contribution in [0.1, 0.15) is 44.9 Å². The molecule has 21 heavy (non-hydrogen) atoms. The number of aromatic nitrogens is 2. The average Bonchev–Trinajstić information content (AvgIpc) is 3.04. The molecule has 5 nitrogen and oxygen atoms in total. The number of methoxy groups -OCH3 is 1. The molecule has 1 aromatic rings. The largest absolute Gasteiger partial charge is 0.478 e. The normalized spacial score (nSPS) is 22.1. The van der Waals surface area contributed by atoms with Crippen LogP contribution in [0.2, 0.25) is 0 Å². The Kier molecular flexibility index (Phi) is 4.58. The summed E-state index contributed by atoms with van der Waals surface area (Å²) in [4.78, 5) is 11.3. The molecule has 1 aromatic heterocycles. The molecular formula is C16H26N4O. The Morgan fingerprint density at radius 3 is 2.52 bits per heavy atom. The summed E-state index contributed by atoms with van der Waals surface area (Å²) in [5, 5.41) is 3.50. The van der Waals surface area contributed by atoms with Gasteiger partial charge in [-0.05, 0) is 38.8 Å². The molecule has 0 radical (unpaired) electrons. The number of rotatable bonds is 5. The van der Waals surface area contributed by atoms with Gasteiger partial charge in [-0.3, -0.25) is 4.90 Å². The van der Waals surface area contributed by atoms with E-state index in [1.54, 1.807) is 19.5 Å². The fourth-order valence-corrected chi connectivity index (χ4v) is 3.85. The van der Waals surface area contributed by atoms with Gasteiger partial charge in [-0.25, -0.2) is 9.97 Å². The Labute approximate surface area is 127 Å². The van der Waals surface area contributed by atoms with Crippen molar-refractivity contribution in [3.05, 3.63) is 12.4 Å². The molecule has 0 spiro atoms. The Hall–Kier alpha value is -1.36. The molecule has 2 aliphatic rings. The Balaban J connectivity index is 1.70. The highest BCUT2D eigenvalue weighted by Crippen LogP contribution is 2.37. The molecule has 0 bridgehead atoms. The van der Waals surface area contributed by atoms with Gasteiger partial charge in [0.1, 0.15) is 0 Å². The van der Waals surface area contributed by atoms with Crippen molar-refractivity contribution in [3.8, 4) is 5.88 Å². The van der Waals surface area contributed by atoms with Gasteiger partial charge in [0.25, 0.3) is 5.88 Å². The second-order valence-corrected chi connectivity index (χ2v) is 6.25. The predicted octanol–water partition coefficient (Wildman–Crippen LogP) is 2.70. The lowest BCUT2D eigenvalue weighted by Gasteiger charge is -2.43. The SMILES string of the molecule is COc1nccnc1NCC1(N2CCCCC2)CCCC1. The second kappa shape index (κ2) is 6.60. The van der Waals surface area contributed by atoms with Crippen LogP contribution in [0, 0.1) is 0 Å². The first-order valence-corrected chi connectivity index (χ1v) is 8.18. The first kappa shape index (κ1) is 14.6. The van der Waals surface area contributed by atoms with Crippen LogP contribution in [0.25, 0.3) is 0 Å². The van der Waals surface area contributed by atoms with Crippen molar-refractivity contribution < 1.29 is 4.74 Å². The topological polar surface area (TPSA) is 50.3 Å². The van der Waals surface area contributed by atoms with E-state index in [0.717, 1.165) is 12.4 Å². The van der Waals surface area contributed by atoms with Crippen LogP contribution < -0.4 is 10.1 Å². The molecule has 2 fully saturated rings. The van der Waals surface area contributed by atoms with Crippen LogP contribution in [0.5, 0.6) is 5.88 Å². The Morgan fingerprint density at radius 1 is 1.10 bits per heavy atom. The van der Waals surface area contributed by atoms with Crippen molar-refractivity contribution in [2.24, 2.45) is 0 Å². The standard InChI is InChI=1S/C16H26N4O/c1-21-15-14(17-9-10-18-15)19-13-16(7-3-4-8-16)20-11-5-2-6-12-20/h9-10H,2-8,11-13H2,1H3,(H,17,19). The zero-order valence-corrected chi connectivity index (χ0v) is 13.0. The lowest BCUT2D eigenvalue weighted by atomic mass is 9.92. The van der Waals surface area contributed by atoms with E-state index >= 15 is 0 Å². The molecule has 0 aromatic carbocycles. The molecule has 1 saturated heterocycles. The minimum Gasteiger partial charge on any atom is -0.478 e. The Morgan fingerprint density at radius 2 is 1.81 bits per heavy atom. The molecule has 1 N–H and O–H groups in total. The number of hydrogen-bond acceptors (Lipinski definition) is 5. The Bertz CT molecular complexity index is 453. The fourth-order valence-electron chi connectivity index (χ4n) is 3.85. The van der Waals surface area contributed by atoms with E-state index in [2.05, 4.69) is 20.2 Å². The monoisotopic (exact) mass is 290 g/mol. The minimum absolute atomic E-state index is 0.308. The third-order valence-corrected chi connectivity index (χ3v) is 5.00. The molecule has 1 aliphatic heterocycles. The first-order chi connectivity index (χ1) is 10.3. The molecular weight excluding hydrogens is 264 g/mol. The van der Waals surface area contributed by atoms with Gasteiger partial charge in [-0.2, -0.15) is 0 Å². The third kappa shape index (κ3) is 3.12. The van der Waals surface area contributed by atoms with Crippen LogP contribution in [0.15, 0.2) is 12.4 Å². The van der Waals surface area contributed by atoms with Gasteiger partial charge in [-0.1, -0.05) is 19.3 Å². The van der Waals surface area contributed by atoms with E-state index < -0.39 is 0 Å². The van der Waals surface area contributed by atoms with Crippen molar-refractivity contribution >= 4 is 5.82 Å². The molecule has 2 heterocycles. The summed E-state index contributed by atoms with van der Waals surface area (Å²) >= 11 is 0. The molecule has 5 heteroatoms. The number of hydrogen-bond donors (Lipinski definition) is 1. The summed E-state index contributed by atoms with van der Waals surface area (Å²) in [6.07, 6.45) is 12.7. The summed E-state index contributed by atoms with van der Waals surface area (Å²) in [5.74, 6) is 1.35. The molecule has 1 saturated carbocycles. The molecule has 0 atom stereocenters. The lowest BCUT2D eigenvalue weighted by Crippen LogP contribution is -2.53. The summed E-state index contributed by atoms with van der Waals surface area (Å²) in [7, 11) is 1.64. The predicted molar refractivity (Wildman–Crippen MR) is 83.7 cm³/mol. The minimum atomic E-state index is 0.308. The maximum Gasteiger partial charge on any atom is 0.257 e. The van der Waals surface area contributed by atoms with E-state index in [9.17, 15) is 0 Å². The van der Waals surface area contributed by atoms with Gasteiger partial charge >= 0.3 is 0 Å². The van der Waals surface area contributed by atoms with Crippen LogP contribution in [0.3, 0.4) is 0 Å². The highest BCUT2D eigenvalue weighted by Gasteiger charge is 2.39. The van der Waals surface area contributed by atoms with Gasteiger partial charge in [0, 0.05) is 24.5 Å². The van der Waals surface area contributed by atoms with Crippen molar-refractivity contribution in [2.45, 2.75) is 50.5 Å². The van der Waals surface area contributed by atoms with Gasteiger partial charge in [0.05, 0.1) is 7.11 Å². The van der Waals surface area contributed by atoms with Gasteiger partial charge in [0.15, 0.2) is 5.82 Å². The number of piperidine rings is 1.